The molecule has 1 heterocycles. The quantitative estimate of drug-likeness (QED) is 0.556. The zero-order chi connectivity index (χ0) is 22.9. The van der Waals surface area contributed by atoms with Gasteiger partial charge in [-0.05, 0) is 69.0 Å². The SMILES string of the molecule is CCOc1ccccc1C(=O)N1CCC(NC(=O)CCCOc2ccc(Cl)c(C)c2)CC1. The van der Waals surface area contributed by atoms with Gasteiger partial charge in [0, 0.05) is 30.6 Å². The van der Waals surface area contributed by atoms with Crippen LogP contribution in [-0.2, 0) is 4.79 Å². The Morgan fingerprint density at radius 1 is 1.12 bits per heavy atom. The fourth-order valence-corrected chi connectivity index (χ4v) is 3.87. The van der Waals surface area contributed by atoms with Crippen LogP contribution in [0.25, 0.3) is 0 Å². The Hall–Kier alpha value is -2.73. The number of nitrogens with one attached hydrogen (secondary N) is 1. The molecule has 1 saturated heterocycles. The van der Waals surface area contributed by atoms with Crippen LogP contribution in [-0.4, -0.2) is 49.1 Å². The minimum Gasteiger partial charge on any atom is -0.494 e. The summed E-state index contributed by atoms with van der Waals surface area (Å²) in [4.78, 5) is 27.0. The lowest BCUT2D eigenvalue weighted by molar-refractivity contribution is -0.122. The molecule has 2 aromatic rings. The highest BCUT2D eigenvalue weighted by Gasteiger charge is 2.26. The molecule has 0 spiro atoms. The van der Waals surface area contributed by atoms with Gasteiger partial charge in [0.2, 0.25) is 5.91 Å². The molecule has 1 N–H and O–H groups in total. The van der Waals surface area contributed by atoms with Gasteiger partial charge in [-0.25, -0.2) is 0 Å². The first kappa shape index (κ1) is 23.9. The molecule has 0 atom stereocenters. The van der Waals surface area contributed by atoms with Crippen LogP contribution in [0, 0.1) is 6.92 Å². The van der Waals surface area contributed by atoms with E-state index in [-0.39, 0.29) is 17.9 Å². The highest BCUT2D eigenvalue weighted by molar-refractivity contribution is 6.31. The van der Waals surface area contributed by atoms with E-state index in [2.05, 4.69) is 5.32 Å². The van der Waals surface area contributed by atoms with Crippen LogP contribution in [0.5, 0.6) is 11.5 Å². The van der Waals surface area contributed by atoms with Gasteiger partial charge in [0.25, 0.3) is 5.91 Å². The Bertz CT molecular complexity index is 926. The number of piperidine rings is 1. The third-order valence-electron chi connectivity index (χ3n) is 5.51. The van der Waals surface area contributed by atoms with Gasteiger partial charge in [-0.15, -0.1) is 0 Å². The van der Waals surface area contributed by atoms with Crippen molar-refractivity contribution in [3.63, 3.8) is 0 Å². The molecule has 0 bridgehead atoms. The van der Waals surface area contributed by atoms with Crippen molar-refractivity contribution >= 4 is 23.4 Å². The topological polar surface area (TPSA) is 67.9 Å². The summed E-state index contributed by atoms with van der Waals surface area (Å²) >= 11 is 6.02. The Balaban J connectivity index is 1.37. The van der Waals surface area contributed by atoms with E-state index in [0.29, 0.717) is 55.5 Å². The average molecular weight is 459 g/mol. The molecule has 2 aromatic carbocycles. The number of nitrogens with zero attached hydrogens (tertiary/aromatic N) is 1. The van der Waals surface area contributed by atoms with Gasteiger partial charge in [-0.2, -0.15) is 0 Å². The zero-order valence-electron chi connectivity index (χ0n) is 18.7. The number of hydrogen-bond acceptors (Lipinski definition) is 4. The summed E-state index contributed by atoms with van der Waals surface area (Å²) in [5.74, 6) is 1.38. The number of carbonyl (C=O) groups is 2. The molecule has 3 rings (SSSR count). The summed E-state index contributed by atoms with van der Waals surface area (Å²) in [5.41, 5.74) is 1.56. The highest BCUT2D eigenvalue weighted by atomic mass is 35.5. The predicted octanol–water partition coefficient (Wildman–Crippen LogP) is 4.63. The van der Waals surface area contributed by atoms with E-state index in [1.54, 1.807) is 6.07 Å². The van der Waals surface area contributed by atoms with Crippen molar-refractivity contribution in [3.05, 3.63) is 58.6 Å². The van der Waals surface area contributed by atoms with Crippen LogP contribution in [0.1, 0.15) is 48.5 Å². The average Bonchev–Trinajstić information content (AvgIpc) is 2.80. The number of amides is 2. The van der Waals surface area contributed by atoms with Crippen molar-refractivity contribution in [2.24, 2.45) is 0 Å². The third kappa shape index (κ3) is 6.63. The van der Waals surface area contributed by atoms with Crippen LogP contribution in [0.3, 0.4) is 0 Å². The van der Waals surface area contributed by atoms with E-state index < -0.39 is 0 Å². The maximum atomic E-state index is 12.9. The molecular weight excluding hydrogens is 428 g/mol. The summed E-state index contributed by atoms with van der Waals surface area (Å²) in [5, 5.41) is 3.80. The number of carbonyl (C=O) groups excluding carboxylic acids is 2. The molecule has 0 radical (unpaired) electrons. The van der Waals surface area contributed by atoms with E-state index in [0.717, 1.165) is 24.2 Å². The van der Waals surface area contributed by atoms with Crippen LogP contribution in [0.4, 0.5) is 0 Å². The summed E-state index contributed by atoms with van der Waals surface area (Å²) in [6.07, 6.45) is 2.54. The van der Waals surface area contributed by atoms with Gasteiger partial charge in [-0.1, -0.05) is 23.7 Å². The molecule has 1 aliphatic heterocycles. The molecule has 172 valence electrons. The normalized spacial score (nSPS) is 14.2. The minimum absolute atomic E-state index is 0.0200. The smallest absolute Gasteiger partial charge is 0.257 e. The summed E-state index contributed by atoms with van der Waals surface area (Å²) < 4.78 is 11.3. The van der Waals surface area contributed by atoms with Crippen molar-refractivity contribution in [1.82, 2.24) is 10.2 Å². The van der Waals surface area contributed by atoms with Gasteiger partial charge in [-0.3, -0.25) is 9.59 Å². The largest absolute Gasteiger partial charge is 0.494 e. The minimum atomic E-state index is -0.0200. The first-order valence-electron chi connectivity index (χ1n) is 11.2. The van der Waals surface area contributed by atoms with Gasteiger partial charge in [0.1, 0.15) is 11.5 Å². The lowest BCUT2D eigenvalue weighted by Crippen LogP contribution is -2.46. The second-order valence-corrected chi connectivity index (χ2v) is 8.33. The van der Waals surface area contributed by atoms with Crippen LogP contribution in [0.15, 0.2) is 42.5 Å². The maximum Gasteiger partial charge on any atom is 0.257 e. The van der Waals surface area contributed by atoms with E-state index in [9.17, 15) is 9.59 Å². The first-order chi connectivity index (χ1) is 15.5. The summed E-state index contributed by atoms with van der Waals surface area (Å²) in [6.45, 7) is 6.05. The van der Waals surface area contributed by atoms with E-state index in [1.165, 1.54) is 0 Å². The number of halogens is 1. The Morgan fingerprint density at radius 2 is 1.88 bits per heavy atom. The van der Waals surface area contributed by atoms with E-state index in [1.807, 2.05) is 55.1 Å². The molecule has 0 aromatic heterocycles. The second kappa shape index (κ2) is 11.8. The zero-order valence-corrected chi connectivity index (χ0v) is 19.5. The molecule has 0 saturated carbocycles. The van der Waals surface area contributed by atoms with Crippen LogP contribution < -0.4 is 14.8 Å². The van der Waals surface area contributed by atoms with Crippen molar-refractivity contribution in [1.29, 1.82) is 0 Å². The molecular formula is C25H31ClN2O4. The van der Waals surface area contributed by atoms with Crippen molar-refractivity contribution in [2.45, 2.75) is 45.6 Å². The molecule has 0 unspecified atom stereocenters. The fourth-order valence-electron chi connectivity index (χ4n) is 3.75. The van der Waals surface area contributed by atoms with Crippen molar-refractivity contribution < 1.29 is 19.1 Å². The molecule has 6 nitrogen and oxygen atoms in total. The van der Waals surface area contributed by atoms with Gasteiger partial charge >= 0.3 is 0 Å². The lowest BCUT2D eigenvalue weighted by Gasteiger charge is -2.32. The third-order valence-corrected chi connectivity index (χ3v) is 5.93. The van der Waals surface area contributed by atoms with Gasteiger partial charge in [0.15, 0.2) is 0 Å². The second-order valence-electron chi connectivity index (χ2n) is 7.93. The summed E-state index contributed by atoms with van der Waals surface area (Å²) in [6, 6.07) is 13.0. The van der Waals surface area contributed by atoms with Gasteiger partial charge < -0.3 is 19.7 Å². The fraction of sp³-hybridized carbons (Fsp3) is 0.440. The standard InChI is InChI=1S/C25H31ClN2O4/c1-3-31-23-8-5-4-7-21(23)25(30)28-14-12-19(13-15-28)27-24(29)9-6-16-32-20-10-11-22(26)18(2)17-20/h4-5,7-8,10-11,17,19H,3,6,9,12-16H2,1-2H3,(H,27,29). The lowest BCUT2D eigenvalue weighted by atomic mass is 10.0. The van der Waals surface area contributed by atoms with Gasteiger partial charge in [0.05, 0.1) is 18.8 Å². The predicted molar refractivity (Wildman–Crippen MR) is 126 cm³/mol. The molecule has 32 heavy (non-hydrogen) atoms. The summed E-state index contributed by atoms with van der Waals surface area (Å²) in [7, 11) is 0. The Morgan fingerprint density at radius 3 is 2.59 bits per heavy atom. The number of aryl methyl sites for hydroxylation is 1. The van der Waals surface area contributed by atoms with Crippen molar-refractivity contribution in [3.8, 4) is 11.5 Å². The first-order valence-corrected chi connectivity index (χ1v) is 11.5. The number of para-hydroxylation sites is 1. The highest BCUT2D eigenvalue weighted by Crippen LogP contribution is 2.23. The number of rotatable bonds is 9. The van der Waals surface area contributed by atoms with Crippen LogP contribution in [0.2, 0.25) is 5.02 Å². The number of likely N-dealkylation sites (tertiary alicyclic amines) is 1. The van der Waals surface area contributed by atoms with Crippen molar-refractivity contribution in [2.75, 3.05) is 26.3 Å². The molecule has 0 aliphatic carbocycles. The number of hydrogen-bond donors (Lipinski definition) is 1. The molecule has 7 heteroatoms. The van der Waals surface area contributed by atoms with E-state index >= 15 is 0 Å². The Kier molecular flexibility index (Phi) is 8.80. The van der Waals surface area contributed by atoms with Crippen LogP contribution >= 0.6 is 11.6 Å². The van der Waals surface area contributed by atoms with E-state index in [4.69, 9.17) is 21.1 Å². The molecule has 1 aliphatic rings. The Labute approximate surface area is 194 Å². The molecule has 1 fully saturated rings. The monoisotopic (exact) mass is 458 g/mol. The number of benzene rings is 2. The molecule has 2 amide bonds. The number of ether oxygens (including phenoxy) is 2. The maximum absolute atomic E-state index is 12.9.